The van der Waals surface area contributed by atoms with E-state index in [4.69, 9.17) is 0 Å². The molecule has 0 aliphatic heterocycles. The molecule has 0 amide bonds. The largest absolute Gasteiger partial charge is 0.508 e. The van der Waals surface area contributed by atoms with Gasteiger partial charge in [-0.25, -0.2) is 0 Å². The Morgan fingerprint density at radius 1 is 0.850 bits per heavy atom. The summed E-state index contributed by atoms with van der Waals surface area (Å²) in [5.41, 5.74) is 1.12. The van der Waals surface area contributed by atoms with Gasteiger partial charge in [0.25, 0.3) is 0 Å². The zero-order valence-electron chi connectivity index (χ0n) is 11.0. The average molecular weight is 337 g/mol. The van der Waals surface area contributed by atoms with Crippen LogP contribution in [0.25, 0.3) is 0 Å². The molecule has 0 aromatic heterocycles. The molecule has 2 rings (SSSR count). The van der Waals surface area contributed by atoms with Crippen molar-refractivity contribution < 1.29 is 15.3 Å². The van der Waals surface area contributed by atoms with Crippen LogP contribution >= 0.6 is 15.9 Å². The van der Waals surface area contributed by atoms with Crippen LogP contribution in [-0.4, -0.2) is 28.5 Å². The Kier molecular flexibility index (Phi) is 4.81. The molecule has 0 fully saturated rings. The molecule has 20 heavy (non-hydrogen) atoms. The highest BCUT2D eigenvalue weighted by Gasteiger charge is 2.31. The number of phenolic OH excluding ortho intramolecular Hbond substituents is 1. The van der Waals surface area contributed by atoms with Crippen molar-refractivity contribution in [1.29, 1.82) is 0 Å². The van der Waals surface area contributed by atoms with Gasteiger partial charge in [-0.15, -0.1) is 0 Å². The van der Waals surface area contributed by atoms with Crippen LogP contribution in [0.1, 0.15) is 11.1 Å². The number of benzene rings is 2. The van der Waals surface area contributed by atoms with Gasteiger partial charge in [-0.05, 0) is 41.8 Å². The van der Waals surface area contributed by atoms with Gasteiger partial charge in [-0.3, -0.25) is 0 Å². The molecule has 0 spiro atoms. The fourth-order valence-corrected chi connectivity index (χ4v) is 2.52. The fourth-order valence-electron chi connectivity index (χ4n) is 2.25. The van der Waals surface area contributed by atoms with Crippen molar-refractivity contribution in [1.82, 2.24) is 0 Å². The number of halogens is 1. The second kappa shape index (κ2) is 6.39. The van der Waals surface area contributed by atoms with Gasteiger partial charge < -0.3 is 15.3 Å². The average Bonchev–Trinajstić information content (AvgIpc) is 2.48. The number of aliphatic hydroxyl groups is 2. The number of aromatic hydroxyl groups is 1. The lowest BCUT2D eigenvalue weighted by atomic mass is 9.77. The Balaban J connectivity index is 2.33. The van der Waals surface area contributed by atoms with Crippen LogP contribution < -0.4 is 0 Å². The zero-order chi connectivity index (χ0) is 14.6. The van der Waals surface area contributed by atoms with Gasteiger partial charge in [-0.2, -0.15) is 0 Å². The number of rotatable bonds is 5. The molecule has 2 aromatic carbocycles. The van der Waals surface area contributed by atoms with E-state index in [9.17, 15) is 15.3 Å². The second-order valence-electron chi connectivity index (χ2n) is 4.95. The first-order chi connectivity index (χ1) is 9.59. The third kappa shape index (κ3) is 3.20. The molecule has 0 aliphatic carbocycles. The maximum absolute atomic E-state index is 9.79. The Hall–Kier alpha value is -1.36. The standard InChI is InChI=1S/C16H17BrO3/c17-14-5-3-13(4-6-14)16(10-18,11-19)9-12-1-7-15(20)8-2-12/h1-8,18-20H,9-11H2. The normalized spacial score (nSPS) is 11.6. The second-order valence-corrected chi connectivity index (χ2v) is 5.86. The Morgan fingerprint density at radius 3 is 1.90 bits per heavy atom. The summed E-state index contributed by atoms with van der Waals surface area (Å²) >= 11 is 3.38. The van der Waals surface area contributed by atoms with E-state index in [1.807, 2.05) is 24.3 Å². The molecule has 106 valence electrons. The molecule has 0 aliphatic rings. The summed E-state index contributed by atoms with van der Waals surface area (Å²) in [6.07, 6.45) is 0.502. The van der Waals surface area contributed by atoms with Crippen molar-refractivity contribution in [3.63, 3.8) is 0 Å². The lowest BCUT2D eigenvalue weighted by Gasteiger charge is -2.30. The van der Waals surface area contributed by atoms with Gasteiger partial charge in [0.15, 0.2) is 0 Å². The smallest absolute Gasteiger partial charge is 0.115 e. The highest BCUT2D eigenvalue weighted by atomic mass is 79.9. The van der Waals surface area contributed by atoms with Gasteiger partial charge in [0.2, 0.25) is 0 Å². The molecule has 0 unspecified atom stereocenters. The van der Waals surface area contributed by atoms with Crippen LogP contribution in [-0.2, 0) is 11.8 Å². The van der Waals surface area contributed by atoms with Crippen molar-refractivity contribution in [2.24, 2.45) is 0 Å². The number of hydrogen-bond acceptors (Lipinski definition) is 3. The lowest BCUT2D eigenvalue weighted by Crippen LogP contribution is -2.37. The molecule has 0 radical (unpaired) electrons. The molecule has 0 saturated heterocycles. The van der Waals surface area contributed by atoms with Gasteiger partial charge in [0, 0.05) is 9.89 Å². The summed E-state index contributed by atoms with van der Waals surface area (Å²) in [7, 11) is 0. The van der Waals surface area contributed by atoms with Crippen LogP contribution in [0, 0.1) is 0 Å². The number of phenols is 1. The summed E-state index contributed by atoms with van der Waals surface area (Å²) in [6, 6.07) is 14.4. The first-order valence-electron chi connectivity index (χ1n) is 6.35. The molecule has 0 atom stereocenters. The number of hydrogen-bond donors (Lipinski definition) is 3. The first kappa shape index (κ1) is 15.0. The highest BCUT2D eigenvalue weighted by molar-refractivity contribution is 9.10. The van der Waals surface area contributed by atoms with Crippen molar-refractivity contribution in [3.05, 3.63) is 64.1 Å². The Bertz CT molecular complexity index is 545. The summed E-state index contributed by atoms with van der Waals surface area (Å²) in [5, 5.41) is 28.9. The highest BCUT2D eigenvalue weighted by Crippen LogP contribution is 2.29. The van der Waals surface area contributed by atoms with Crippen LogP contribution in [0.5, 0.6) is 5.75 Å². The lowest BCUT2D eigenvalue weighted by molar-refractivity contribution is 0.116. The van der Waals surface area contributed by atoms with E-state index in [2.05, 4.69) is 15.9 Å². The third-order valence-corrected chi connectivity index (χ3v) is 4.07. The van der Waals surface area contributed by atoms with Gasteiger partial charge >= 0.3 is 0 Å². The van der Waals surface area contributed by atoms with E-state index in [0.29, 0.717) is 6.42 Å². The fraction of sp³-hybridized carbons (Fsp3) is 0.250. The van der Waals surface area contributed by atoms with Gasteiger partial charge in [0.05, 0.1) is 13.2 Å². The molecule has 4 heteroatoms. The monoisotopic (exact) mass is 336 g/mol. The van der Waals surface area contributed by atoms with E-state index >= 15 is 0 Å². The Morgan fingerprint density at radius 2 is 1.40 bits per heavy atom. The predicted octanol–water partition coefficient (Wildman–Crippen LogP) is 2.62. The molecule has 2 aromatic rings. The summed E-state index contributed by atoms with van der Waals surface area (Å²) in [5.74, 6) is 0.205. The molecule has 3 nitrogen and oxygen atoms in total. The van der Waals surface area contributed by atoms with E-state index in [0.717, 1.165) is 15.6 Å². The maximum Gasteiger partial charge on any atom is 0.115 e. The molecule has 0 saturated carbocycles. The molecular formula is C16H17BrO3. The van der Waals surface area contributed by atoms with Crippen molar-refractivity contribution in [2.45, 2.75) is 11.8 Å². The minimum absolute atomic E-state index is 0.147. The third-order valence-electron chi connectivity index (χ3n) is 3.54. The van der Waals surface area contributed by atoms with E-state index in [1.54, 1.807) is 24.3 Å². The van der Waals surface area contributed by atoms with Gasteiger partial charge in [-0.1, -0.05) is 40.2 Å². The quantitative estimate of drug-likeness (QED) is 0.786. The molecule has 3 N–H and O–H groups in total. The Labute approximate surface area is 126 Å². The molecule has 0 bridgehead atoms. The van der Waals surface area contributed by atoms with Crippen molar-refractivity contribution in [2.75, 3.05) is 13.2 Å². The summed E-state index contributed by atoms with van der Waals surface area (Å²) in [6.45, 7) is -0.294. The van der Waals surface area contributed by atoms with E-state index in [-0.39, 0.29) is 19.0 Å². The minimum Gasteiger partial charge on any atom is -0.508 e. The predicted molar refractivity (Wildman–Crippen MR) is 81.8 cm³/mol. The molecular weight excluding hydrogens is 320 g/mol. The van der Waals surface area contributed by atoms with Crippen LogP contribution in [0.4, 0.5) is 0 Å². The van der Waals surface area contributed by atoms with Crippen LogP contribution in [0.3, 0.4) is 0 Å². The van der Waals surface area contributed by atoms with E-state index in [1.165, 1.54) is 0 Å². The summed E-state index contributed by atoms with van der Waals surface area (Å²) in [4.78, 5) is 0. The first-order valence-corrected chi connectivity index (χ1v) is 7.14. The van der Waals surface area contributed by atoms with E-state index < -0.39 is 5.41 Å². The van der Waals surface area contributed by atoms with Crippen molar-refractivity contribution in [3.8, 4) is 5.75 Å². The molecule has 0 heterocycles. The maximum atomic E-state index is 9.79. The van der Waals surface area contributed by atoms with Crippen LogP contribution in [0.2, 0.25) is 0 Å². The SMILES string of the molecule is OCC(CO)(Cc1ccc(O)cc1)c1ccc(Br)cc1. The number of aliphatic hydroxyl groups excluding tert-OH is 2. The summed E-state index contributed by atoms with van der Waals surface area (Å²) < 4.78 is 0.954. The topological polar surface area (TPSA) is 60.7 Å². The van der Waals surface area contributed by atoms with Crippen LogP contribution in [0.15, 0.2) is 53.0 Å². The van der Waals surface area contributed by atoms with Crippen molar-refractivity contribution >= 4 is 15.9 Å². The zero-order valence-corrected chi connectivity index (χ0v) is 12.5. The minimum atomic E-state index is -0.725. The van der Waals surface area contributed by atoms with Gasteiger partial charge in [0.1, 0.15) is 5.75 Å².